The third-order valence-electron chi connectivity index (χ3n) is 8.13. The topological polar surface area (TPSA) is 93.9 Å². The Morgan fingerprint density at radius 3 is 2.55 bits per heavy atom. The van der Waals surface area contributed by atoms with Crippen molar-refractivity contribution < 1.29 is 18.3 Å². The van der Waals surface area contributed by atoms with Crippen molar-refractivity contribution in [2.75, 3.05) is 50.2 Å². The van der Waals surface area contributed by atoms with Crippen molar-refractivity contribution >= 4 is 11.4 Å². The van der Waals surface area contributed by atoms with E-state index in [4.69, 9.17) is 15.2 Å². The van der Waals surface area contributed by atoms with Crippen LogP contribution in [0.5, 0.6) is 0 Å². The number of hydrogen-bond acceptors (Lipinski definition) is 7. The molecule has 0 bridgehead atoms. The van der Waals surface area contributed by atoms with E-state index in [1.54, 1.807) is 13.2 Å². The monoisotopic (exact) mass is 533 g/mol. The zero-order chi connectivity index (χ0) is 27.1. The van der Waals surface area contributed by atoms with Gasteiger partial charge in [0, 0.05) is 51.9 Å². The Labute approximate surface area is 223 Å². The van der Waals surface area contributed by atoms with Crippen molar-refractivity contribution in [2.24, 2.45) is 17.6 Å². The first-order valence-corrected chi connectivity index (χ1v) is 14.0. The highest BCUT2D eigenvalue weighted by Crippen LogP contribution is 2.36. The van der Waals surface area contributed by atoms with Gasteiger partial charge in [-0.05, 0) is 49.3 Å². The Balaban J connectivity index is 1.49. The maximum Gasteiger partial charge on any atom is 0.253 e. The Morgan fingerprint density at radius 2 is 1.84 bits per heavy atom. The number of piperidine rings is 1. The fraction of sp³-hybridized carbons (Fsp3) is 0.655. The van der Waals surface area contributed by atoms with Crippen LogP contribution < -0.4 is 26.8 Å². The normalized spacial score (nSPS) is 20.5. The Hall–Kier alpha value is -2.36. The standard InChI is InChI=1S/C29H41F2N3O4/c1-37-13-6-14-38-29(20-10-11-23(30)24(31)16-20)21-9-5-12-34(18-21)26-25(27(35)28(26)36)33-22(17-32)15-19-7-3-2-4-8-19/h10-11,16,19,21-22,29,33H,2-9,12-15,17-18,32H2,1H3/t21?,22?,29-/m0/s1. The van der Waals surface area contributed by atoms with Crippen molar-refractivity contribution in [2.45, 2.75) is 69.9 Å². The zero-order valence-electron chi connectivity index (χ0n) is 22.4. The number of methoxy groups -OCH3 is 1. The van der Waals surface area contributed by atoms with E-state index in [9.17, 15) is 18.4 Å². The third-order valence-corrected chi connectivity index (χ3v) is 8.13. The Bertz CT molecular complexity index is 1110. The van der Waals surface area contributed by atoms with Gasteiger partial charge in [0.2, 0.25) is 0 Å². The molecule has 0 spiro atoms. The number of benzene rings is 1. The highest BCUT2D eigenvalue weighted by molar-refractivity contribution is 5.75. The first kappa shape index (κ1) is 28.6. The van der Waals surface area contributed by atoms with Crippen LogP contribution in [-0.2, 0) is 9.47 Å². The van der Waals surface area contributed by atoms with Gasteiger partial charge in [-0.15, -0.1) is 0 Å². The van der Waals surface area contributed by atoms with Gasteiger partial charge in [-0.2, -0.15) is 0 Å². The summed E-state index contributed by atoms with van der Waals surface area (Å²) in [6.45, 7) is 2.44. The predicted octanol–water partition coefficient (Wildman–Crippen LogP) is 4.28. The molecule has 2 aliphatic rings. The minimum Gasteiger partial charge on any atom is -0.385 e. The largest absolute Gasteiger partial charge is 0.385 e. The van der Waals surface area contributed by atoms with E-state index < -0.39 is 28.6 Å². The summed E-state index contributed by atoms with van der Waals surface area (Å²) >= 11 is 0. The number of halogens is 2. The molecule has 2 unspecified atom stereocenters. The highest BCUT2D eigenvalue weighted by Gasteiger charge is 2.35. The molecule has 2 fully saturated rings. The van der Waals surface area contributed by atoms with Crippen LogP contribution in [0.25, 0.3) is 0 Å². The van der Waals surface area contributed by atoms with E-state index >= 15 is 0 Å². The van der Waals surface area contributed by atoms with Crippen LogP contribution in [-0.4, -0.2) is 46.0 Å². The van der Waals surface area contributed by atoms with Gasteiger partial charge in [0.1, 0.15) is 11.4 Å². The molecule has 1 saturated carbocycles. The summed E-state index contributed by atoms with van der Waals surface area (Å²) in [5.41, 5.74) is 6.44. The first-order chi connectivity index (χ1) is 18.4. The summed E-state index contributed by atoms with van der Waals surface area (Å²) in [4.78, 5) is 27.3. The van der Waals surface area contributed by atoms with Gasteiger partial charge in [-0.3, -0.25) is 9.59 Å². The molecule has 0 aromatic heterocycles. The van der Waals surface area contributed by atoms with Crippen LogP contribution in [0.4, 0.5) is 20.2 Å². The molecule has 1 aliphatic carbocycles. The summed E-state index contributed by atoms with van der Waals surface area (Å²) in [6, 6.07) is 3.81. The van der Waals surface area contributed by atoms with Gasteiger partial charge in [0.15, 0.2) is 11.6 Å². The Kier molecular flexibility index (Phi) is 10.3. The van der Waals surface area contributed by atoms with Gasteiger partial charge in [-0.1, -0.05) is 38.2 Å². The molecule has 1 aliphatic heterocycles. The van der Waals surface area contributed by atoms with E-state index in [-0.39, 0.29) is 12.0 Å². The molecule has 1 heterocycles. The maximum atomic E-state index is 14.1. The summed E-state index contributed by atoms with van der Waals surface area (Å²) in [5.74, 6) is -1.30. The first-order valence-electron chi connectivity index (χ1n) is 14.0. The van der Waals surface area contributed by atoms with Gasteiger partial charge in [-0.25, -0.2) is 8.78 Å². The quantitative estimate of drug-likeness (QED) is 0.293. The fourth-order valence-electron chi connectivity index (χ4n) is 6.13. The minimum absolute atomic E-state index is 0.0557. The molecule has 3 atom stereocenters. The number of anilines is 2. The second kappa shape index (κ2) is 13.6. The number of ether oxygens (including phenoxy) is 2. The van der Waals surface area contributed by atoms with Crippen molar-refractivity contribution in [3.8, 4) is 0 Å². The van der Waals surface area contributed by atoms with E-state index in [1.807, 2.05) is 4.90 Å². The second-order valence-electron chi connectivity index (χ2n) is 10.9. The van der Waals surface area contributed by atoms with E-state index in [0.29, 0.717) is 62.1 Å². The molecule has 7 nitrogen and oxygen atoms in total. The van der Waals surface area contributed by atoms with E-state index in [2.05, 4.69) is 5.32 Å². The summed E-state index contributed by atoms with van der Waals surface area (Å²) < 4.78 is 39.1. The smallest absolute Gasteiger partial charge is 0.253 e. The van der Waals surface area contributed by atoms with Gasteiger partial charge >= 0.3 is 0 Å². The fourth-order valence-corrected chi connectivity index (χ4v) is 6.13. The van der Waals surface area contributed by atoms with Crippen LogP contribution in [0.1, 0.15) is 69.5 Å². The lowest BCUT2D eigenvalue weighted by Crippen LogP contribution is -2.48. The lowest BCUT2D eigenvalue weighted by Gasteiger charge is -2.39. The number of nitrogens with zero attached hydrogens (tertiary/aromatic N) is 1. The molecule has 4 rings (SSSR count). The average Bonchev–Trinajstić information content (AvgIpc) is 2.94. The van der Waals surface area contributed by atoms with Crippen molar-refractivity contribution in [3.63, 3.8) is 0 Å². The lowest BCUT2D eigenvalue weighted by atomic mass is 9.84. The highest BCUT2D eigenvalue weighted by atomic mass is 19.2. The van der Waals surface area contributed by atoms with Crippen LogP contribution in [0.15, 0.2) is 27.8 Å². The molecule has 2 aromatic rings. The second-order valence-corrected chi connectivity index (χ2v) is 10.9. The van der Waals surface area contributed by atoms with Crippen LogP contribution in [0.3, 0.4) is 0 Å². The SMILES string of the molecule is COCCCO[C@@H](c1ccc(F)c(F)c1)C1CCCN(c2c(NC(CN)CC3CCCCC3)c(=O)c2=O)C1. The molecule has 0 amide bonds. The van der Waals surface area contributed by atoms with Gasteiger partial charge in [0.25, 0.3) is 10.9 Å². The van der Waals surface area contributed by atoms with Crippen molar-refractivity contribution in [1.29, 1.82) is 0 Å². The molecule has 38 heavy (non-hydrogen) atoms. The molecule has 9 heteroatoms. The number of hydrogen-bond donors (Lipinski definition) is 2. The molecule has 2 aromatic carbocycles. The summed E-state index contributed by atoms with van der Waals surface area (Å²) in [6.07, 6.45) is 8.77. The molecular weight excluding hydrogens is 492 g/mol. The minimum atomic E-state index is -0.916. The molecule has 210 valence electrons. The van der Waals surface area contributed by atoms with Crippen LogP contribution in [0, 0.1) is 23.5 Å². The lowest BCUT2D eigenvalue weighted by molar-refractivity contribution is -0.00257. The number of nitrogens with two attached hydrogens (primary N) is 1. The maximum absolute atomic E-state index is 14.1. The molecule has 0 radical (unpaired) electrons. The third kappa shape index (κ3) is 6.79. The summed E-state index contributed by atoms with van der Waals surface area (Å²) in [5, 5.41) is 3.32. The van der Waals surface area contributed by atoms with E-state index in [1.165, 1.54) is 38.2 Å². The number of nitrogens with one attached hydrogen (secondary N) is 1. The van der Waals surface area contributed by atoms with Gasteiger partial charge in [0.05, 0.1) is 6.10 Å². The average molecular weight is 534 g/mol. The zero-order valence-corrected chi connectivity index (χ0v) is 22.4. The van der Waals surface area contributed by atoms with Gasteiger partial charge < -0.3 is 25.4 Å². The number of rotatable bonds is 13. The van der Waals surface area contributed by atoms with Crippen LogP contribution >= 0.6 is 0 Å². The van der Waals surface area contributed by atoms with E-state index in [0.717, 1.165) is 25.3 Å². The predicted molar refractivity (Wildman–Crippen MR) is 145 cm³/mol. The Morgan fingerprint density at radius 1 is 1.05 bits per heavy atom. The summed E-state index contributed by atoms with van der Waals surface area (Å²) in [7, 11) is 1.62. The van der Waals surface area contributed by atoms with Crippen LogP contribution in [0.2, 0.25) is 0 Å². The molecule has 1 saturated heterocycles. The van der Waals surface area contributed by atoms with Crippen molar-refractivity contribution in [1.82, 2.24) is 0 Å². The van der Waals surface area contributed by atoms with Crippen molar-refractivity contribution in [3.05, 3.63) is 55.8 Å². The molecule has 3 N–H and O–H groups in total. The molecular formula is C29H41F2N3O4.